The molecule has 0 radical (unpaired) electrons. The van der Waals surface area contributed by atoms with Gasteiger partial charge in [-0.25, -0.2) is 0 Å². The van der Waals surface area contributed by atoms with E-state index in [1.807, 2.05) is 18.7 Å². The molecule has 7 nitrogen and oxygen atoms in total. The van der Waals surface area contributed by atoms with Crippen LogP contribution in [-0.4, -0.2) is 34.7 Å². The Morgan fingerprint density at radius 2 is 1.72 bits per heavy atom. The minimum atomic E-state index is -0.484. The first kappa shape index (κ1) is 21.8. The number of rotatable bonds is 9. The van der Waals surface area contributed by atoms with Crippen LogP contribution in [-0.2, 0) is 4.79 Å². The Morgan fingerprint density at radius 3 is 2.31 bits per heavy atom. The van der Waals surface area contributed by atoms with Crippen molar-refractivity contribution in [3.05, 3.63) is 75.8 Å². The van der Waals surface area contributed by atoms with Gasteiger partial charge in [0.15, 0.2) is 0 Å². The van der Waals surface area contributed by atoms with Crippen LogP contribution in [0.4, 0.5) is 11.4 Å². The summed E-state index contributed by atoms with van der Waals surface area (Å²) >= 11 is 0. The largest absolute Gasteiger partial charge is 0.339 e. The smallest absolute Gasteiger partial charge is 0.270 e. The molecular formula is C22H25N3O4. The molecule has 0 spiro atoms. The zero-order valence-electron chi connectivity index (χ0n) is 16.6. The number of carbonyl (C=O) groups is 2. The Bertz CT molecular complexity index is 885. The summed E-state index contributed by atoms with van der Waals surface area (Å²) in [6.07, 6.45) is 4.61. The van der Waals surface area contributed by atoms with Gasteiger partial charge in [-0.3, -0.25) is 19.7 Å². The number of nitro groups is 1. The number of nitrogens with one attached hydrogen (secondary N) is 1. The number of hydrogen-bond acceptors (Lipinski definition) is 4. The molecule has 0 saturated carbocycles. The molecule has 29 heavy (non-hydrogen) atoms. The first-order valence-electron chi connectivity index (χ1n) is 9.57. The summed E-state index contributed by atoms with van der Waals surface area (Å²) in [4.78, 5) is 36.8. The van der Waals surface area contributed by atoms with Gasteiger partial charge in [0.05, 0.1) is 4.92 Å². The van der Waals surface area contributed by atoms with E-state index < -0.39 is 4.92 Å². The molecule has 0 aliphatic carbocycles. The van der Waals surface area contributed by atoms with Crippen LogP contribution in [0.2, 0.25) is 0 Å². The summed E-state index contributed by atoms with van der Waals surface area (Å²) in [7, 11) is 0. The summed E-state index contributed by atoms with van der Waals surface area (Å²) < 4.78 is 0. The minimum Gasteiger partial charge on any atom is -0.339 e. The van der Waals surface area contributed by atoms with Crippen LogP contribution in [0.1, 0.15) is 42.6 Å². The second-order valence-electron chi connectivity index (χ2n) is 6.54. The van der Waals surface area contributed by atoms with Crippen molar-refractivity contribution in [1.29, 1.82) is 0 Å². The van der Waals surface area contributed by atoms with Crippen molar-refractivity contribution in [3.8, 4) is 0 Å². The number of nitrogens with zero attached hydrogens (tertiary/aromatic N) is 2. The van der Waals surface area contributed by atoms with Crippen LogP contribution in [0.15, 0.2) is 54.6 Å². The number of carbonyl (C=O) groups excluding carboxylic acids is 2. The standard InChI is InChI=1S/C22H25N3O4/c1-3-14-24(15-4-2)22(27)18-9-11-19(12-10-18)23-21(26)13-8-17-6-5-7-20(16-17)25(28)29/h5-13,16H,3-4,14-15H2,1-2H3,(H,23,26)/b13-8+. The third-order valence-electron chi connectivity index (χ3n) is 4.18. The first-order chi connectivity index (χ1) is 13.9. The van der Waals surface area contributed by atoms with E-state index in [2.05, 4.69) is 5.32 Å². The van der Waals surface area contributed by atoms with E-state index in [0.717, 1.165) is 12.8 Å². The normalized spacial score (nSPS) is 10.7. The molecule has 0 aliphatic heterocycles. The summed E-state index contributed by atoms with van der Waals surface area (Å²) in [6, 6.07) is 12.8. The van der Waals surface area contributed by atoms with Crippen LogP contribution in [0.25, 0.3) is 6.08 Å². The molecule has 2 amide bonds. The van der Waals surface area contributed by atoms with Gasteiger partial charge in [-0.15, -0.1) is 0 Å². The highest BCUT2D eigenvalue weighted by atomic mass is 16.6. The van der Waals surface area contributed by atoms with E-state index in [1.165, 1.54) is 24.3 Å². The van der Waals surface area contributed by atoms with Gasteiger partial charge in [-0.1, -0.05) is 26.0 Å². The summed E-state index contributed by atoms with van der Waals surface area (Å²) in [5.74, 6) is -0.383. The van der Waals surface area contributed by atoms with Gasteiger partial charge in [0.1, 0.15) is 0 Å². The fourth-order valence-corrected chi connectivity index (χ4v) is 2.83. The number of hydrogen-bond donors (Lipinski definition) is 1. The Hall–Kier alpha value is -3.48. The maximum atomic E-state index is 12.6. The van der Waals surface area contributed by atoms with Crippen LogP contribution >= 0.6 is 0 Å². The molecule has 0 aliphatic rings. The summed E-state index contributed by atoms with van der Waals surface area (Å²) in [5, 5.41) is 13.5. The third-order valence-corrected chi connectivity index (χ3v) is 4.18. The van der Waals surface area contributed by atoms with Gasteiger partial charge in [-0.2, -0.15) is 0 Å². The highest BCUT2D eigenvalue weighted by molar-refractivity contribution is 6.02. The third kappa shape index (κ3) is 6.57. The lowest BCUT2D eigenvalue weighted by Crippen LogP contribution is -2.32. The van der Waals surface area contributed by atoms with Gasteiger partial charge in [0.25, 0.3) is 11.6 Å². The molecule has 1 N–H and O–H groups in total. The van der Waals surface area contributed by atoms with E-state index in [9.17, 15) is 19.7 Å². The molecule has 0 heterocycles. The van der Waals surface area contributed by atoms with Gasteiger partial charge >= 0.3 is 0 Å². The van der Waals surface area contributed by atoms with Crippen molar-refractivity contribution < 1.29 is 14.5 Å². The Kier molecular flexibility index (Phi) is 8.09. The van der Waals surface area contributed by atoms with E-state index in [1.54, 1.807) is 36.4 Å². The molecule has 2 rings (SSSR count). The fourth-order valence-electron chi connectivity index (χ4n) is 2.83. The van der Waals surface area contributed by atoms with Crippen molar-refractivity contribution in [3.63, 3.8) is 0 Å². The van der Waals surface area contributed by atoms with Crippen LogP contribution in [0.3, 0.4) is 0 Å². The van der Waals surface area contributed by atoms with Crippen molar-refractivity contribution in [1.82, 2.24) is 4.90 Å². The second-order valence-corrected chi connectivity index (χ2v) is 6.54. The summed E-state index contributed by atoms with van der Waals surface area (Å²) in [6.45, 7) is 5.51. The lowest BCUT2D eigenvalue weighted by atomic mass is 10.1. The maximum Gasteiger partial charge on any atom is 0.270 e. The molecule has 152 valence electrons. The molecule has 0 bridgehead atoms. The van der Waals surface area contributed by atoms with Crippen molar-refractivity contribution in [2.45, 2.75) is 26.7 Å². The van der Waals surface area contributed by atoms with Gasteiger partial charge in [-0.05, 0) is 48.7 Å². The molecule has 0 saturated heterocycles. The Morgan fingerprint density at radius 1 is 1.07 bits per heavy atom. The van der Waals surface area contributed by atoms with Gasteiger partial charge in [0.2, 0.25) is 5.91 Å². The van der Waals surface area contributed by atoms with Gasteiger partial charge < -0.3 is 10.2 Å². The molecule has 0 fully saturated rings. The van der Waals surface area contributed by atoms with E-state index >= 15 is 0 Å². The molecule has 0 unspecified atom stereocenters. The van der Waals surface area contributed by atoms with E-state index in [0.29, 0.717) is 29.9 Å². The first-order valence-corrected chi connectivity index (χ1v) is 9.57. The van der Waals surface area contributed by atoms with E-state index in [-0.39, 0.29) is 17.5 Å². The minimum absolute atomic E-state index is 0.0165. The molecule has 0 aromatic heterocycles. The van der Waals surface area contributed by atoms with Crippen LogP contribution in [0, 0.1) is 10.1 Å². The van der Waals surface area contributed by atoms with Crippen LogP contribution < -0.4 is 5.32 Å². The molecule has 2 aromatic rings. The lowest BCUT2D eigenvalue weighted by molar-refractivity contribution is -0.384. The van der Waals surface area contributed by atoms with E-state index in [4.69, 9.17) is 0 Å². The second kappa shape index (κ2) is 10.8. The Labute approximate surface area is 170 Å². The Balaban J connectivity index is 2.00. The van der Waals surface area contributed by atoms with Gasteiger partial charge in [0, 0.05) is 42.5 Å². The molecule has 7 heteroatoms. The molecule has 0 atom stereocenters. The topological polar surface area (TPSA) is 92.6 Å². The number of anilines is 1. The lowest BCUT2D eigenvalue weighted by Gasteiger charge is -2.21. The number of amides is 2. The predicted molar refractivity (Wildman–Crippen MR) is 114 cm³/mol. The summed E-state index contributed by atoms with van der Waals surface area (Å²) in [5.41, 5.74) is 1.67. The zero-order chi connectivity index (χ0) is 21.2. The van der Waals surface area contributed by atoms with Crippen LogP contribution in [0.5, 0.6) is 0 Å². The van der Waals surface area contributed by atoms with Crippen molar-refractivity contribution in [2.24, 2.45) is 0 Å². The number of benzene rings is 2. The maximum absolute atomic E-state index is 12.6. The predicted octanol–water partition coefficient (Wildman–Crippen LogP) is 4.51. The quantitative estimate of drug-likeness (QED) is 0.384. The SMILES string of the molecule is CCCN(CCC)C(=O)c1ccc(NC(=O)/C=C/c2cccc([N+](=O)[O-])c2)cc1. The zero-order valence-corrected chi connectivity index (χ0v) is 16.6. The number of nitro benzene ring substituents is 1. The monoisotopic (exact) mass is 395 g/mol. The molecule has 2 aromatic carbocycles. The van der Waals surface area contributed by atoms with Crippen molar-refractivity contribution >= 4 is 29.3 Å². The average Bonchev–Trinajstić information content (AvgIpc) is 2.72. The van der Waals surface area contributed by atoms with Crippen molar-refractivity contribution in [2.75, 3.05) is 18.4 Å². The fraction of sp³-hybridized carbons (Fsp3) is 0.273. The average molecular weight is 395 g/mol. The molecular weight excluding hydrogens is 370 g/mol. The number of non-ortho nitro benzene ring substituents is 1. The highest BCUT2D eigenvalue weighted by Crippen LogP contribution is 2.15. The highest BCUT2D eigenvalue weighted by Gasteiger charge is 2.14.